The largest absolute Gasteiger partial charge is 0.481 e. The molecule has 0 aromatic carbocycles. The summed E-state index contributed by atoms with van der Waals surface area (Å²) < 4.78 is 0. The molecule has 0 radical (unpaired) electrons. The molecule has 6 heteroatoms. The van der Waals surface area contributed by atoms with Crippen LogP contribution in [-0.2, 0) is 14.4 Å². The number of carboxylic acids is 1. The van der Waals surface area contributed by atoms with E-state index in [9.17, 15) is 14.4 Å². The molecule has 18 heavy (non-hydrogen) atoms. The van der Waals surface area contributed by atoms with E-state index in [0.717, 1.165) is 0 Å². The Kier molecular flexibility index (Phi) is 3.98. The second-order valence-corrected chi connectivity index (χ2v) is 5.55. The van der Waals surface area contributed by atoms with Crippen molar-refractivity contribution >= 4 is 17.8 Å². The average molecular weight is 256 g/mol. The highest BCUT2D eigenvalue weighted by Gasteiger charge is 2.65. The SMILES string of the molecule is CC(C)NC(=O)CNC(=O)[C@H]1[C@@H](C(=O)O)C1(C)C. The number of nitrogens with one attached hydrogen (secondary N) is 2. The lowest BCUT2D eigenvalue weighted by Gasteiger charge is -2.09. The summed E-state index contributed by atoms with van der Waals surface area (Å²) in [5, 5.41) is 14.1. The molecule has 6 nitrogen and oxygen atoms in total. The van der Waals surface area contributed by atoms with Gasteiger partial charge in [-0.1, -0.05) is 13.8 Å². The molecule has 2 atom stereocenters. The number of amides is 2. The van der Waals surface area contributed by atoms with Gasteiger partial charge in [-0.2, -0.15) is 0 Å². The van der Waals surface area contributed by atoms with E-state index in [1.165, 1.54) is 0 Å². The molecule has 1 fully saturated rings. The van der Waals surface area contributed by atoms with E-state index in [2.05, 4.69) is 10.6 Å². The number of rotatable bonds is 5. The lowest BCUT2D eigenvalue weighted by molar-refractivity contribution is -0.140. The Hall–Kier alpha value is -1.59. The molecule has 0 aliphatic heterocycles. The zero-order valence-electron chi connectivity index (χ0n) is 11.1. The van der Waals surface area contributed by atoms with E-state index in [0.29, 0.717) is 0 Å². The molecule has 0 aromatic heterocycles. The highest BCUT2D eigenvalue weighted by atomic mass is 16.4. The first-order valence-corrected chi connectivity index (χ1v) is 5.97. The lowest BCUT2D eigenvalue weighted by atomic mass is 10.1. The van der Waals surface area contributed by atoms with Crippen LogP contribution < -0.4 is 10.6 Å². The molecule has 3 N–H and O–H groups in total. The van der Waals surface area contributed by atoms with Gasteiger partial charge in [-0.3, -0.25) is 14.4 Å². The molecule has 102 valence electrons. The molecule has 1 aliphatic rings. The van der Waals surface area contributed by atoms with Crippen molar-refractivity contribution in [2.24, 2.45) is 17.3 Å². The van der Waals surface area contributed by atoms with Gasteiger partial charge in [-0.05, 0) is 19.3 Å². The molecule has 2 amide bonds. The standard InChI is InChI=1S/C12H20N2O4/c1-6(2)14-7(15)5-13-10(16)8-9(11(17)18)12(8,3)4/h6,8-9H,5H2,1-4H3,(H,13,16)(H,14,15)(H,17,18)/t8-,9+/m1/s1. The van der Waals surface area contributed by atoms with Gasteiger partial charge in [0.25, 0.3) is 0 Å². The molecule has 0 unspecified atom stereocenters. The van der Waals surface area contributed by atoms with Crippen LogP contribution in [0.4, 0.5) is 0 Å². The van der Waals surface area contributed by atoms with Crippen molar-refractivity contribution in [3.05, 3.63) is 0 Å². The summed E-state index contributed by atoms with van der Waals surface area (Å²) in [7, 11) is 0. The number of carboxylic acid groups (broad SMARTS) is 1. The topological polar surface area (TPSA) is 95.5 Å². The van der Waals surface area contributed by atoms with Gasteiger partial charge in [-0.15, -0.1) is 0 Å². The van der Waals surface area contributed by atoms with E-state index in [1.54, 1.807) is 13.8 Å². The van der Waals surface area contributed by atoms with Crippen LogP contribution in [0.5, 0.6) is 0 Å². The Balaban J connectivity index is 2.44. The number of hydrogen-bond donors (Lipinski definition) is 3. The Morgan fingerprint density at radius 3 is 2.17 bits per heavy atom. The molecule has 1 saturated carbocycles. The maximum atomic E-state index is 11.8. The van der Waals surface area contributed by atoms with E-state index < -0.39 is 23.2 Å². The van der Waals surface area contributed by atoms with Gasteiger partial charge in [0.1, 0.15) is 0 Å². The van der Waals surface area contributed by atoms with Crippen molar-refractivity contribution in [3.63, 3.8) is 0 Å². The first kappa shape index (κ1) is 14.5. The number of hydrogen-bond acceptors (Lipinski definition) is 3. The van der Waals surface area contributed by atoms with Crippen LogP contribution in [0, 0.1) is 17.3 Å². The smallest absolute Gasteiger partial charge is 0.307 e. The first-order chi connectivity index (χ1) is 8.17. The number of carbonyl (C=O) groups is 3. The molecular formula is C12H20N2O4. The molecule has 0 heterocycles. The van der Waals surface area contributed by atoms with Crippen molar-refractivity contribution < 1.29 is 19.5 Å². The minimum absolute atomic E-state index is 0.0125. The van der Waals surface area contributed by atoms with Crippen molar-refractivity contribution in [3.8, 4) is 0 Å². The number of carbonyl (C=O) groups excluding carboxylic acids is 2. The Bertz CT molecular complexity index is 376. The second-order valence-electron chi connectivity index (χ2n) is 5.55. The van der Waals surface area contributed by atoms with Gasteiger partial charge < -0.3 is 15.7 Å². The first-order valence-electron chi connectivity index (χ1n) is 5.97. The monoisotopic (exact) mass is 256 g/mol. The third-order valence-electron chi connectivity index (χ3n) is 3.25. The lowest BCUT2D eigenvalue weighted by Crippen LogP contribution is -2.40. The van der Waals surface area contributed by atoms with Crippen LogP contribution >= 0.6 is 0 Å². The maximum Gasteiger partial charge on any atom is 0.307 e. The highest BCUT2D eigenvalue weighted by molar-refractivity contribution is 5.93. The van der Waals surface area contributed by atoms with Crippen molar-refractivity contribution in [2.75, 3.05) is 6.54 Å². The normalized spacial score (nSPS) is 24.5. The molecule has 0 spiro atoms. The van der Waals surface area contributed by atoms with Crippen LogP contribution in [-0.4, -0.2) is 35.5 Å². The van der Waals surface area contributed by atoms with Crippen molar-refractivity contribution in [2.45, 2.75) is 33.7 Å². The summed E-state index contributed by atoms with van der Waals surface area (Å²) in [6.07, 6.45) is 0. The van der Waals surface area contributed by atoms with Gasteiger partial charge in [0.15, 0.2) is 0 Å². The molecular weight excluding hydrogens is 236 g/mol. The highest BCUT2D eigenvalue weighted by Crippen LogP contribution is 2.58. The number of aliphatic carboxylic acids is 1. The van der Waals surface area contributed by atoms with Gasteiger partial charge in [0, 0.05) is 6.04 Å². The third kappa shape index (κ3) is 3.00. The van der Waals surface area contributed by atoms with Crippen molar-refractivity contribution in [1.82, 2.24) is 10.6 Å². The molecule has 0 bridgehead atoms. The Labute approximate surface area is 106 Å². The summed E-state index contributed by atoms with van der Waals surface area (Å²) in [5.41, 5.74) is -0.537. The van der Waals surface area contributed by atoms with Gasteiger partial charge in [0.05, 0.1) is 18.4 Å². The van der Waals surface area contributed by atoms with Gasteiger partial charge in [0.2, 0.25) is 11.8 Å². The summed E-state index contributed by atoms with van der Waals surface area (Å²) in [4.78, 5) is 34.0. The summed E-state index contributed by atoms with van der Waals surface area (Å²) in [6.45, 7) is 7.01. The van der Waals surface area contributed by atoms with Crippen LogP contribution in [0.2, 0.25) is 0 Å². The average Bonchev–Trinajstić information content (AvgIpc) is 2.77. The van der Waals surface area contributed by atoms with E-state index >= 15 is 0 Å². The molecule has 0 saturated heterocycles. The minimum Gasteiger partial charge on any atom is -0.481 e. The Morgan fingerprint density at radius 1 is 1.22 bits per heavy atom. The zero-order valence-corrected chi connectivity index (χ0v) is 11.1. The van der Waals surface area contributed by atoms with Crippen LogP contribution in [0.1, 0.15) is 27.7 Å². The predicted molar refractivity (Wildman–Crippen MR) is 64.7 cm³/mol. The van der Waals surface area contributed by atoms with Crippen LogP contribution in [0.25, 0.3) is 0 Å². The molecule has 1 aliphatic carbocycles. The summed E-state index contributed by atoms with van der Waals surface area (Å²) in [5.74, 6) is -2.82. The third-order valence-corrected chi connectivity index (χ3v) is 3.25. The minimum atomic E-state index is -0.966. The fourth-order valence-electron chi connectivity index (χ4n) is 2.24. The fourth-order valence-corrected chi connectivity index (χ4v) is 2.24. The quantitative estimate of drug-likeness (QED) is 0.644. The fraction of sp³-hybridized carbons (Fsp3) is 0.750. The predicted octanol–water partition coefficient (Wildman–Crippen LogP) is -0.0160. The van der Waals surface area contributed by atoms with E-state index in [-0.39, 0.29) is 24.4 Å². The van der Waals surface area contributed by atoms with E-state index in [1.807, 2.05) is 13.8 Å². The second kappa shape index (κ2) is 4.96. The molecule has 0 aromatic rings. The maximum absolute atomic E-state index is 11.8. The summed E-state index contributed by atoms with van der Waals surface area (Å²) in [6, 6.07) is 0.0125. The van der Waals surface area contributed by atoms with Gasteiger partial charge in [-0.25, -0.2) is 0 Å². The van der Waals surface area contributed by atoms with Gasteiger partial charge >= 0.3 is 5.97 Å². The zero-order chi connectivity index (χ0) is 14.1. The van der Waals surface area contributed by atoms with Crippen molar-refractivity contribution in [1.29, 1.82) is 0 Å². The Morgan fingerprint density at radius 2 is 1.78 bits per heavy atom. The van der Waals surface area contributed by atoms with Crippen LogP contribution in [0.3, 0.4) is 0 Å². The van der Waals surface area contributed by atoms with E-state index in [4.69, 9.17) is 5.11 Å². The summed E-state index contributed by atoms with van der Waals surface area (Å²) >= 11 is 0. The van der Waals surface area contributed by atoms with Crippen LogP contribution in [0.15, 0.2) is 0 Å². The molecule has 1 rings (SSSR count).